The summed E-state index contributed by atoms with van der Waals surface area (Å²) < 4.78 is 4.56. The SMILES string of the molecule is Cc1nc2ccnc3c4cc5ccccc5c5c6ccccc6n(c45)c1n23. The van der Waals surface area contributed by atoms with E-state index < -0.39 is 0 Å². The van der Waals surface area contributed by atoms with Crippen molar-refractivity contribution < 1.29 is 0 Å². The average Bonchev–Trinajstić information content (AvgIpc) is 3.22. The van der Waals surface area contributed by atoms with Crippen LogP contribution in [-0.2, 0) is 0 Å². The third kappa shape index (κ3) is 1.43. The first-order valence-electron chi connectivity index (χ1n) is 9.12. The van der Waals surface area contributed by atoms with E-state index in [0.29, 0.717) is 0 Å². The molecular formula is C23H14N4. The highest BCUT2D eigenvalue weighted by molar-refractivity contribution is 6.28. The van der Waals surface area contributed by atoms with E-state index in [1.165, 1.54) is 32.6 Å². The van der Waals surface area contributed by atoms with Crippen molar-refractivity contribution in [1.29, 1.82) is 0 Å². The molecule has 0 atom stereocenters. The molecule has 0 amide bonds. The van der Waals surface area contributed by atoms with E-state index in [1.807, 2.05) is 12.3 Å². The average molecular weight is 346 g/mol. The Morgan fingerprint density at radius 2 is 1.63 bits per heavy atom. The second-order valence-corrected chi connectivity index (χ2v) is 7.20. The molecule has 0 aliphatic carbocycles. The Kier molecular flexibility index (Phi) is 2.18. The lowest BCUT2D eigenvalue weighted by Gasteiger charge is -2.11. The third-order valence-corrected chi connectivity index (χ3v) is 5.79. The standard InChI is InChI=1S/C23H14N4/c1-13-23-26-18-9-5-4-8-16(18)20-15-7-3-2-6-14(15)12-17(21(20)26)22-24-11-10-19(25-13)27(22)23/h2-12H,1H3. The monoisotopic (exact) mass is 346 g/mol. The zero-order valence-corrected chi connectivity index (χ0v) is 14.6. The topological polar surface area (TPSA) is 34.6 Å². The van der Waals surface area contributed by atoms with Gasteiger partial charge in [0.25, 0.3) is 0 Å². The van der Waals surface area contributed by atoms with Gasteiger partial charge in [-0.25, -0.2) is 9.97 Å². The molecule has 0 bridgehead atoms. The van der Waals surface area contributed by atoms with Crippen LogP contribution >= 0.6 is 0 Å². The molecule has 0 saturated heterocycles. The number of nitrogens with zero attached hydrogens (tertiary/aromatic N) is 4. The maximum atomic E-state index is 4.81. The van der Waals surface area contributed by atoms with E-state index in [2.05, 4.69) is 70.3 Å². The van der Waals surface area contributed by atoms with Gasteiger partial charge < -0.3 is 0 Å². The lowest BCUT2D eigenvalue weighted by atomic mass is 10.0. The Bertz CT molecular complexity index is 1680. The number of imidazole rings is 1. The molecule has 0 unspecified atom stereocenters. The molecule has 0 radical (unpaired) electrons. The molecule has 7 rings (SSSR count). The largest absolute Gasteiger partial charge is 0.293 e. The van der Waals surface area contributed by atoms with Gasteiger partial charge >= 0.3 is 0 Å². The van der Waals surface area contributed by atoms with E-state index in [9.17, 15) is 0 Å². The number of rotatable bonds is 0. The maximum absolute atomic E-state index is 4.81. The van der Waals surface area contributed by atoms with Gasteiger partial charge in [0.1, 0.15) is 16.9 Å². The summed E-state index contributed by atoms with van der Waals surface area (Å²) in [5, 5.41) is 6.25. The normalized spacial score (nSPS) is 12.6. The molecule has 3 aromatic carbocycles. The zero-order valence-electron chi connectivity index (χ0n) is 14.6. The summed E-state index contributed by atoms with van der Waals surface area (Å²) in [6.07, 6.45) is 1.86. The fourth-order valence-corrected chi connectivity index (χ4v) is 4.78. The predicted octanol–water partition coefficient (Wildman–Crippen LogP) is 5.34. The molecule has 0 aliphatic rings. The van der Waals surface area contributed by atoms with Gasteiger partial charge in [0.15, 0.2) is 0 Å². The van der Waals surface area contributed by atoms with Gasteiger partial charge in [-0.15, -0.1) is 0 Å². The first-order valence-corrected chi connectivity index (χ1v) is 9.12. The second kappa shape index (κ2) is 4.35. The van der Waals surface area contributed by atoms with Gasteiger partial charge in [-0.05, 0) is 35.9 Å². The summed E-state index contributed by atoms with van der Waals surface area (Å²) in [6, 6.07) is 21.5. The van der Waals surface area contributed by atoms with E-state index in [-0.39, 0.29) is 0 Å². The van der Waals surface area contributed by atoms with Gasteiger partial charge in [0.05, 0.1) is 16.7 Å². The van der Waals surface area contributed by atoms with Crippen LogP contribution in [0.5, 0.6) is 0 Å². The van der Waals surface area contributed by atoms with E-state index in [0.717, 1.165) is 28.0 Å². The Morgan fingerprint density at radius 1 is 0.815 bits per heavy atom. The molecule has 126 valence electrons. The van der Waals surface area contributed by atoms with Gasteiger partial charge in [-0.1, -0.05) is 42.5 Å². The van der Waals surface area contributed by atoms with E-state index in [4.69, 9.17) is 9.97 Å². The first kappa shape index (κ1) is 13.5. The van der Waals surface area contributed by atoms with Gasteiger partial charge in [-0.3, -0.25) is 8.80 Å². The molecule has 0 saturated carbocycles. The number of fused-ring (bicyclic) bond motifs is 7. The van der Waals surface area contributed by atoms with Crippen LogP contribution in [0, 0.1) is 6.92 Å². The van der Waals surface area contributed by atoms with Crippen molar-refractivity contribution in [2.75, 3.05) is 0 Å². The summed E-state index contributed by atoms with van der Waals surface area (Å²) in [7, 11) is 0. The molecule has 4 heterocycles. The number of benzene rings is 3. The smallest absolute Gasteiger partial charge is 0.149 e. The van der Waals surface area contributed by atoms with Crippen LogP contribution in [0.2, 0.25) is 0 Å². The fourth-order valence-electron chi connectivity index (χ4n) is 4.78. The number of para-hydroxylation sites is 1. The highest BCUT2D eigenvalue weighted by Gasteiger charge is 2.21. The molecule has 0 fully saturated rings. The van der Waals surface area contributed by atoms with Crippen LogP contribution in [0.15, 0.2) is 66.9 Å². The van der Waals surface area contributed by atoms with Crippen molar-refractivity contribution in [2.45, 2.75) is 6.92 Å². The Labute approximate surface area is 153 Å². The molecule has 0 aliphatic heterocycles. The van der Waals surface area contributed by atoms with Crippen LogP contribution in [0.25, 0.3) is 54.9 Å². The Hall–Kier alpha value is -3.66. The van der Waals surface area contributed by atoms with E-state index >= 15 is 0 Å². The summed E-state index contributed by atoms with van der Waals surface area (Å²) >= 11 is 0. The molecule has 0 spiro atoms. The maximum Gasteiger partial charge on any atom is 0.149 e. The highest BCUT2D eigenvalue weighted by atomic mass is 15.2. The van der Waals surface area contributed by atoms with Crippen molar-refractivity contribution in [1.82, 2.24) is 18.8 Å². The molecule has 0 N–H and O–H groups in total. The molecular weight excluding hydrogens is 332 g/mol. The third-order valence-electron chi connectivity index (χ3n) is 5.79. The van der Waals surface area contributed by atoms with Crippen molar-refractivity contribution in [3.8, 4) is 0 Å². The van der Waals surface area contributed by atoms with Crippen LogP contribution in [-0.4, -0.2) is 18.8 Å². The van der Waals surface area contributed by atoms with Crippen molar-refractivity contribution >= 4 is 54.9 Å². The summed E-state index contributed by atoms with van der Waals surface area (Å²) in [6.45, 7) is 2.08. The van der Waals surface area contributed by atoms with Gasteiger partial charge in [0.2, 0.25) is 0 Å². The second-order valence-electron chi connectivity index (χ2n) is 7.20. The Morgan fingerprint density at radius 3 is 2.56 bits per heavy atom. The summed E-state index contributed by atoms with van der Waals surface area (Å²) in [4.78, 5) is 9.57. The summed E-state index contributed by atoms with van der Waals surface area (Å²) in [5.41, 5.74) is 6.47. The van der Waals surface area contributed by atoms with Crippen LogP contribution in [0.4, 0.5) is 0 Å². The van der Waals surface area contributed by atoms with Gasteiger partial charge in [-0.2, -0.15) is 0 Å². The minimum atomic E-state index is 0.942. The van der Waals surface area contributed by atoms with Crippen LogP contribution in [0.1, 0.15) is 5.69 Å². The van der Waals surface area contributed by atoms with E-state index in [1.54, 1.807) is 0 Å². The fraction of sp³-hybridized carbons (Fsp3) is 0.0435. The van der Waals surface area contributed by atoms with Crippen molar-refractivity contribution in [3.05, 3.63) is 72.6 Å². The minimum absolute atomic E-state index is 0.942. The lowest BCUT2D eigenvalue weighted by Crippen LogP contribution is -2.00. The van der Waals surface area contributed by atoms with Crippen LogP contribution in [0.3, 0.4) is 0 Å². The molecule has 4 heteroatoms. The molecule has 4 aromatic heterocycles. The number of hydrogen-bond donors (Lipinski definition) is 0. The molecule has 7 aromatic rings. The quantitative estimate of drug-likeness (QED) is 0.274. The highest BCUT2D eigenvalue weighted by Crippen LogP contribution is 2.40. The minimum Gasteiger partial charge on any atom is -0.293 e. The zero-order chi connectivity index (χ0) is 17.7. The first-order chi connectivity index (χ1) is 13.3. The van der Waals surface area contributed by atoms with Crippen molar-refractivity contribution in [3.63, 3.8) is 0 Å². The Balaban J connectivity index is 2.03. The summed E-state index contributed by atoms with van der Waals surface area (Å²) in [5.74, 6) is 0. The molecule has 27 heavy (non-hydrogen) atoms. The number of aromatic nitrogens is 4. The van der Waals surface area contributed by atoms with Gasteiger partial charge in [0, 0.05) is 22.4 Å². The molecule has 4 nitrogen and oxygen atoms in total. The number of hydrogen-bond acceptors (Lipinski definition) is 2. The van der Waals surface area contributed by atoms with Crippen molar-refractivity contribution in [2.24, 2.45) is 0 Å². The number of aryl methyl sites for hydroxylation is 1. The predicted molar refractivity (Wildman–Crippen MR) is 110 cm³/mol. The van der Waals surface area contributed by atoms with Crippen LogP contribution < -0.4 is 0 Å². The lowest BCUT2D eigenvalue weighted by molar-refractivity contribution is 1.14.